The van der Waals surface area contributed by atoms with Crippen molar-refractivity contribution in [2.24, 2.45) is 0 Å². The molecule has 0 saturated carbocycles. The van der Waals surface area contributed by atoms with E-state index in [9.17, 15) is 13.6 Å². The molecule has 88 valence electrons. The van der Waals surface area contributed by atoms with Crippen LogP contribution in [-0.2, 0) is 0 Å². The van der Waals surface area contributed by atoms with Gasteiger partial charge >= 0.3 is 5.97 Å². The van der Waals surface area contributed by atoms with Gasteiger partial charge in [0.2, 0.25) is 0 Å². The molecular weight excluding hydrogens is 218 g/mol. The van der Waals surface area contributed by atoms with Crippen molar-refractivity contribution in [1.82, 2.24) is 0 Å². The Labute approximate surface area is 91.3 Å². The summed E-state index contributed by atoms with van der Waals surface area (Å²) in [6.07, 6.45) is -2.52. The topological polar surface area (TPSA) is 66.6 Å². The SMILES string of the molecule is CN(CC(F)F)c1ccc(N)cc1C(=O)O. The number of carboxylic acid groups (broad SMARTS) is 1. The maximum Gasteiger partial charge on any atom is 0.337 e. The van der Waals surface area contributed by atoms with Crippen molar-refractivity contribution in [3.05, 3.63) is 23.8 Å². The van der Waals surface area contributed by atoms with Crippen molar-refractivity contribution < 1.29 is 18.7 Å². The molecule has 0 radical (unpaired) electrons. The zero-order valence-corrected chi connectivity index (χ0v) is 8.65. The molecule has 1 rings (SSSR count). The molecule has 3 N–H and O–H groups in total. The predicted molar refractivity (Wildman–Crippen MR) is 57.1 cm³/mol. The van der Waals surface area contributed by atoms with Gasteiger partial charge in [-0.2, -0.15) is 0 Å². The highest BCUT2D eigenvalue weighted by Crippen LogP contribution is 2.22. The first-order valence-electron chi connectivity index (χ1n) is 4.54. The van der Waals surface area contributed by atoms with Gasteiger partial charge in [-0.15, -0.1) is 0 Å². The second kappa shape index (κ2) is 4.78. The number of benzene rings is 1. The molecule has 0 atom stereocenters. The Hall–Kier alpha value is -1.85. The summed E-state index contributed by atoms with van der Waals surface area (Å²) in [6.45, 7) is -0.524. The largest absolute Gasteiger partial charge is 0.478 e. The van der Waals surface area contributed by atoms with Crippen LogP contribution in [0.2, 0.25) is 0 Å². The number of aromatic carboxylic acids is 1. The number of hydrogen-bond acceptors (Lipinski definition) is 3. The Morgan fingerprint density at radius 2 is 2.19 bits per heavy atom. The molecule has 0 fully saturated rings. The average molecular weight is 230 g/mol. The molecule has 6 heteroatoms. The van der Waals surface area contributed by atoms with Crippen LogP contribution in [0.3, 0.4) is 0 Å². The minimum Gasteiger partial charge on any atom is -0.478 e. The molecule has 1 aromatic rings. The van der Waals surface area contributed by atoms with Gasteiger partial charge in [0, 0.05) is 12.7 Å². The van der Waals surface area contributed by atoms with Crippen LogP contribution >= 0.6 is 0 Å². The van der Waals surface area contributed by atoms with Gasteiger partial charge in [-0.3, -0.25) is 0 Å². The summed E-state index contributed by atoms with van der Waals surface area (Å²) in [7, 11) is 1.41. The summed E-state index contributed by atoms with van der Waals surface area (Å²) < 4.78 is 24.3. The lowest BCUT2D eigenvalue weighted by molar-refractivity contribution is 0.0697. The smallest absolute Gasteiger partial charge is 0.337 e. The number of carboxylic acids is 1. The van der Waals surface area contributed by atoms with Crippen molar-refractivity contribution in [3.63, 3.8) is 0 Å². The van der Waals surface area contributed by atoms with E-state index < -0.39 is 18.9 Å². The number of hydrogen-bond donors (Lipinski definition) is 2. The summed E-state index contributed by atoms with van der Waals surface area (Å²) in [5.41, 5.74) is 5.86. The Bertz CT molecular complexity index is 396. The molecule has 0 aromatic heterocycles. The summed E-state index contributed by atoms with van der Waals surface area (Å²) in [5, 5.41) is 8.90. The standard InChI is InChI=1S/C10H12F2N2O2/c1-14(5-9(11)12)8-3-2-6(13)4-7(8)10(15)16/h2-4,9H,5,13H2,1H3,(H,15,16). The van der Waals surface area contributed by atoms with Crippen molar-refractivity contribution in [3.8, 4) is 0 Å². The maximum absolute atomic E-state index is 12.2. The van der Waals surface area contributed by atoms with Crippen LogP contribution in [0, 0.1) is 0 Å². The number of alkyl halides is 2. The van der Waals surface area contributed by atoms with Crippen molar-refractivity contribution in [2.75, 3.05) is 24.2 Å². The highest BCUT2D eigenvalue weighted by Gasteiger charge is 2.16. The summed E-state index contributed by atoms with van der Waals surface area (Å²) in [5.74, 6) is -1.19. The number of halogens is 2. The van der Waals surface area contributed by atoms with Crippen molar-refractivity contribution in [2.45, 2.75) is 6.43 Å². The molecule has 0 heterocycles. The van der Waals surface area contributed by atoms with Gasteiger partial charge in [0.1, 0.15) is 0 Å². The third kappa shape index (κ3) is 2.82. The second-order valence-electron chi connectivity index (χ2n) is 3.35. The minimum absolute atomic E-state index is 0.0804. The van der Waals surface area contributed by atoms with Crippen molar-refractivity contribution in [1.29, 1.82) is 0 Å². The first-order chi connectivity index (χ1) is 7.41. The fraction of sp³-hybridized carbons (Fsp3) is 0.300. The van der Waals surface area contributed by atoms with E-state index >= 15 is 0 Å². The normalized spacial score (nSPS) is 10.5. The Kier molecular flexibility index (Phi) is 3.65. The van der Waals surface area contributed by atoms with Crippen LogP contribution < -0.4 is 10.6 Å². The third-order valence-electron chi connectivity index (χ3n) is 2.07. The van der Waals surface area contributed by atoms with E-state index in [0.29, 0.717) is 0 Å². The molecule has 4 nitrogen and oxygen atoms in total. The van der Waals surface area contributed by atoms with Crippen molar-refractivity contribution >= 4 is 17.3 Å². The number of nitrogens with two attached hydrogens (primary N) is 1. The number of carbonyl (C=O) groups is 1. The van der Waals surface area contributed by atoms with E-state index in [2.05, 4.69) is 0 Å². The molecule has 0 unspecified atom stereocenters. The third-order valence-corrected chi connectivity index (χ3v) is 2.07. The molecule has 0 spiro atoms. The zero-order chi connectivity index (χ0) is 12.3. The molecule has 0 bridgehead atoms. The lowest BCUT2D eigenvalue weighted by Crippen LogP contribution is -2.25. The van der Waals surface area contributed by atoms with Gasteiger partial charge in [-0.1, -0.05) is 0 Å². The fourth-order valence-corrected chi connectivity index (χ4v) is 1.36. The second-order valence-corrected chi connectivity index (χ2v) is 3.35. The highest BCUT2D eigenvalue weighted by molar-refractivity contribution is 5.95. The van der Waals surface area contributed by atoms with Crippen LogP contribution in [0.5, 0.6) is 0 Å². The summed E-state index contributed by atoms with van der Waals surface area (Å²) >= 11 is 0. The first-order valence-corrected chi connectivity index (χ1v) is 4.54. The Morgan fingerprint density at radius 3 is 2.69 bits per heavy atom. The van der Waals surface area contributed by atoms with Gasteiger partial charge in [0.25, 0.3) is 6.43 Å². The van der Waals surface area contributed by atoms with E-state index in [4.69, 9.17) is 10.8 Å². The van der Waals surface area contributed by atoms with Gasteiger partial charge in [0.05, 0.1) is 17.8 Å². The van der Waals surface area contributed by atoms with Gasteiger partial charge in [0.15, 0.2) is 0 Å². The zero-order valence-electron chi connectivity index (χ0n) is 8.65. The fourth-order valence-electron chi connectivity index (χ4n) is 1.36. The molecule has 1 aromatic carbocycles. The number of nitrogen functional groups attached to an aromatic ring is 1. The quantitative estimate of drug-likeness (QED) is 0.772. The maximum atomic E-state index is 12.2. The Morgan fingerprint density at radius 1 is 1.56 bits per heavy atom. The van der Waals surface area contributed by atoms with Gasteiger partial charge in [-0.05, 0) is 18.2 Å². The molecule has 0 aliphatic rings. The van der Waals surface area contributed by atoms with E-state index in [1.165, 1.54) is 30.1 Å². The number of nitrogens with zero attached hydrogens (tertiary/aromatic N) is 1. The van der Waals surface area contributed by atoms with Gasteiger partial charge < -0.3 is 15.7 Å². The minimum atomic E-state index is -2.52. The summed E-state index contributed by atoms with van der Waals surface area (Å²) in [6, 6.07) is 4.14. The van der Waals surface area contributed by atoms with E-state index in [1.54, 1.807) is 0 Å². The molecule has 0 aliphatic carbocycles. The van der Waals surface area contributed by atoms with E-state index in [-0.39, 0.29) is 16.9 Å². The monoisotopic (exact) mass is 230 g/mol. The van der Waals surface area contributed by atoms with Crippen LogP contribution in [-0.4, -0.2) is 31.1 Å². The van der Waals surface area contributed by atoms with Crippen LogP contribution in [0.4, 0.5) is 20.2 Å². The average Bonchev–Trinajstić information content (AvgIpc) is 2.16. The summed E-state index contributed by atoms with van der Waals surface area (Å²) in [4.78, 5) is 12.1. The highest BCUT2D eigenvalue weighted by atomic mass is 19.3. The molecule has 16 heavy (non-hydrogen) atoms. The molecular formula is C10H12F2N2O2. The Balaban J connectivity index is 3.07. The predicted octanol–water partition coefficient (Wildman–Crippen LogP) is 1.67. The first kappa shape index (κ1) is 12.2. The van der Waals surface area contributed by atoms with E-state index in [1.807, 2.05) is 0 Å². The van der Waals surface area contributed by atoms with Gasteiger partial charge in [-0.25, -0.2) is 13.6 Å². The van der Waals surface area contributed by atoms with Crippen LogP contribution in [0.15, 0.2) is 18.2 Å². The number of anilines is 2. The molecule has 0 amide bonds. The van der Waals surface area contributed by atoms with E-state index in [0.717, 1.165) is 0 Å². The van der Waals surface area contributed by atoms with Crippen LogP contribution in [0.25, 0.3) is 0 Å². The lowest BCUT2D eigenvalue weighted by atomic mass is 10.1. The lowest BCUT2D eigenvalue weighted by Gasteiger charge is -2.20. The molecule has 0 aliphatic heterocycles. The number of rotatable bonds is 4. The molecule has 0 saturated heterocycles. The van der Waals surface area contributed by atoms with Crippen LogP contribution in [0.1, 0.15) is 10.4 Å².